The van der Waals surface area contributed by atoms with Crippen LogP contribution in [-0.4, -0.2) is 25.8 Å². The molecule has 0 unspecified atom stereocenters. The van der Waals surface area contributed by atoms with Crippen LogP contribution in [0, 0.1) is 6.92 Å². The van der Waals surface area contributed by atoms with E-state index in [-0.39, 0.29) is 18.5 Å². The summed E-state index contributed by atoms with van der Waals surface area (Å²) in [7, 11) is 0. The molecule has 2 N–H and O–H groups in total. The van der Waals surface area contributed by atoms with E-state index in [9.17, 15) is 18.0 Å². The van der Waals surface area contributed by atoms with Crippen molar-refractivity contribution in [2.24, 2.45) is 0 Å². The van der Waals surface area contributed by atoms with Crippen molar-refractivity contribution in [3.05, 3.63) is 94.6 Å². The van der Waals surface area contributed by atoms with Crippen LogP contribution < -0.4 is 5.73 Å². The molecule has 6 nitrogen and oxygen atoms in total. The van der Waals surface area contributed by atoms with Gasteiger partial charge in [-0.25, -0.2) is 4.98 Å². The Morgan fingerprint density at radius 1 is 1.14 bits per heavy atom. The first-order chi connectivity index (χ1) is 17.2. The lowest BCUT2D eigenvalue weighted by atomic mass is 9.89. The number of rotatable bonds is 4. The summed E-state index contributed by atoms with van der Waals surface area (Å²) >= 11 is 0. The molecule has 9 heteroatoms. The van der Waals surface area contributed by atoms with Crippen molar-refractivity contribution in [2.75, 3.05) is 5.73 Å². The normalized spacial score (nSPS) is 15.5. The van der Waals surface area contributed by atoms with E-state index in [1.807, 2.05) is 25.1 Å². The number of hydrogen-bond donors (Lipinski definition) is 1. The Morgan fingerprint density at radius 3 is 2.72 bits per heavy atom. The Labute approximate surface area is 206 Å². The second kappa shape index (κ2) is 9.22. The fourth-order valence-corrected chi connectivity index (χ4v) is 4.68. The quantitative estimate of drug-likeness (QED) is 0.399. The second-order valence-electron chi connectivity index (χ2n) is 9.01. The summed E-state index contributed by atoms with van der Waals surface area (Å²) in [6, 6.07) is 13.0. The van der Waals surface area contributed by atoms with Gasteiger partial charge in [0.1, 0.15) is 5.82 Å². The first-order valence-corrected chi connectivity index (χ1v) is 11.6. The van der Waals surface area contributed by atoms with Crippen LogP contribution in [0.2, 0.25) is 0 Å². The maximum Gasteiger partial charge on any atom is 0.417 e. The monoisotopic (exact) mass is 491 g/mol. The minimum atomic E-state index is -4.48. The van der Waals surface area contributed by atoms with Crippen LogP contribution in [0.1, 0.15) is 57.3 Å². The van der Waals surface area contributed by atoms with Crippen molar-refractivity contribution in [1.82, 2.24) is 19.9 Å². The van der Waals surface area contributed by atoms with Crippen molar-refractivity contribution in [2.45, 2.75) is 44.9 Å². The van der Waals surface area contributed by atoms with E-state index < -0.39 is 11.7 Å². The van der Waals surface area contributed by atoms with Crippen molar-refractivity contribution >= 4 is 22.6 Å². The smallest absolute Gasteiger partial charge is 0.383 e. The predicted octanol–water partition coefficient (Wildman–Crippen LogP) is 5.65. The maximum absolute atomic E-state index is 13.9. The molecule has 0 saturated carbocycles. The van der Waals surface area contributed by atoms with Crippen LogP contribution >= 0.6 is 0 Å². The SMILES string of the molecule is Cc1cc2cc(C(=O)N(Cc3ccc(C(F)(F)F)cn3)[C@@H]3CCCc4ncccc43)ccc2nc1N. The molecule has 0 spiro atoms. The molecule has 1 aliphatic rings. The third-order valence-corrected chi connectivity index (χ3v) is 6.59. The number of benzene rings is 1. The van der Waals surface area contributed by atoms with E-state index in [1.54, 1.807) is 29.3 Å². The van der Waals surface area contributed by atoms with Gasteiger partial charge in [-0.2, -0.15) is 13.2 Å². The van der Waals surface area contributed by atoms with E-state index in [1.165, 1.54) is 6.07 Å². The van der Waals surface area contributed by atoms with Gasteiger partial charge in [0.05, 0.1) is 29.4 Å². The highest BCUT2D eigenvalue weighted by atomic mass is 19.4. The molecule has 4 aromatic rings. The fraction of sp³-hybridized carbons (Fsp3) is 0.259. The number of carbonyl (C=O) groups is 1. The van der Waals surface area contributed by atoms with Gasteiger partial charge >= 0.3 is 6.18 Å². The Bertz CT molecular complexity index is 1440. The number of aromatic nitrogens is 3. The molecule has 3 heterocycles. The molecule has 0 radical (unpaired) electrons. The van der Waals surface area contributed by atoms with Crippen molar-refractivity contribution in [3.8, 4) is 0 Å². The minimum absolute atomic E-state index is 0.0625. The topological polar surface area (TPSA) is 85.0 Å². The number of nitrogens with two attached hydrogens (primary N) is 1. The van der Waals surface area contributed by atoms with Crippen LogP contribution in [0.25, 0.3) is 10.9 Å². The number of fused-ring (bicyclic) bond motifs is 2. The molecular weight excluding hydrogens is 467 g/mol. The number of amides is 1. The van der Waals surface area contributed by atoms with Gasteiger partial charge in [-0.1, -0.05) is 6.07 Å². The van der Waals surface area contributed by atoms with Crippen molar-refractivity contribution in [1.29, 1.82) is 0 Å². The van der Waals surface area contributed by atoms with Crippen molar-refractivity contribution < 1.29 is 18.0 Å². The highest BCUT2D eigenvalue weighted by Crippen LogP contribution is 2.36. The van der Waals surface area contributed by atoms with Gasteiger partial charge in [-0.15, -0.1) is 0 Å². The van der Waals surface area contributed by atoms with E-state index >= 15 is 0 Å². The first kappa shape index (κ1) is 23.7. The van der Waals surface area contributed by atoms with Gasteiger partial charge in [0.15, 0.2) is 0 Å². The average molecular weight is 492 g/mol. The summed E-state index contributed by atoms with van der Waals surface area (Å²) in [5.41, 5.74) is 9.31. The standard InChI is InChI=1S/C27H24F3N5O/c1-16-12-18-13-17(7-10-22(18)34-25(16)31)26(36)35(15-20-9-8-19(14-33-20)27(28,29)30)24-6-2-5-23-21(24)4-3-11-32-23/h3-4,7-14,24H,2,5-6,15H2,1H3,(H2,31,34)/t24-/m1/s1. The lowest BCUT2D eigenvalue weighted by molar-refractivity contribution is -0.137. The molecule has 1 aromatic carbocycles. The molecule has 3 aromatic heterocycles. The van der Waals surface area contributed by atoms with Gasteiger partial charge in [-0.05, 0) is 79.8 Å². The fourth-order valence-electron chi connectivity index (χ4n) is 4.68. The number of anilines is 1. The number of pyridine rings is 3. The molecule has 5 rings (SSSR count). The van der Waals surface area contributed by atoms with Crippen LogP contribution in [0.15, 0.2) is 60.9 Å². The molecule has 1 atom stereocenters. The maximum atomic E-state index is 13.9. The summed E-state index contributed by atoms with van der Waals surface area (Å²) in [6.07, 6.45) is 0.443. The molecular formula is C27H24F3N5O. The number of nitrogens with zero attached hydrogens (tertiary/aromatic N) is 4. The number of alkyl halides is 3. The van der Waals surface area contributed by atoms with Crippen LogP contribution in [0.5, 0.6) is 0 Å². The largest absolute Gasteiger partial charge is 0.417 e. The summed E-state index contributed by atoms with van der Waals surface area (Å²) in [4.78, 5) is 28.5. The van der Waals surface area contributed by atoms with Crippen LogP contribution in [0.3, 0.4) is 0 Å². The Balaban J connectivity index is 1.54. The minimum Gasteiger partial charge on any atom is -0.383 e. The molecule has 1 amide bonds. The number of carbonyl (C=O) groups excluding carboxylic acids is 1. The lowest BCUT2D eigenvalue weighted by Gasteiger charge is -2.35. The molecule has 184 valence electrons. The molecule has 0 fully saturated rings. The van der Waals surface area contributed by atoms with Gasteiger partial charge in [0, 0.05) is 29.0 Å². The second-order valence-corrected chi connectivity index (χ2v) is 9.01. The molecule has 1 aliphatic carbocycles. The van der Waals surface area contributed by atoms with Gasteiger partial charge in [-0.3, -0.25) is 14.8 Å². The number of nitrogen functional groups attached to an aromatic ring is 1. The molecule has 0 aliphatic heterocycles. The average Bonchev–Trinajstić information content (AvgIpc) is 2.87. The van der Waals surface area contributed by atoms with Gasteiger partial charge in [0.2, 0.25) is 0 Å². The van der Waals surface area contributed by atoms with Gasteiger partial charge in [0.25, 0.3) is 5.91 Å². The number of halogens is 3. The van der Waals surface area contributed by atoms with Gasteiger partial charge < -0.3 is 10.6 Å². The highest BCUT2D eigenvalue weighted by molar-refractivity contribution is 5.98. The Kier molecular flexibility index (Phi) is 6.07. The third-order valence-electron chi connectivity index (χ3n) is 6.59. The zero-order chi connectivity index (χ0) is 25.4. The first-order valence-electron chi connectivity index (χ1n) is 11.6. The lowest BCUT2D eigenvalue weighted by Crippen LogP contribution is -2.36. The van der Waals surface area contributed by atoms with E-state index in [0.29, 0.717) is 22.6 Å². The third kappa shape index (κ3) is 4.60. The Morgan fingerprint density at radius 2 is 1.97 bits per heavy atom. The number of hydrogen-bond acceptors (Lipinski definition) is 5. The molecule has 36 heavy (non-hydrogen) atoms. The van der Waals surface area contributed by atoms with E-state index in [2.05, 4.69) is 15.0 Å². The van der Waals surface area contributed by atoms with Crippen LogP contribution in [0.4, 0.5) is 19.0 Å². The molecule has 0 saturated heterocycles. The summed E-state index contributed by atoms with van der Waals surface area (Å²) < 4.78 is 39.1. The summed E-state index contributed by atoms with van der Waals surface area (Å²) in [5, 5.41) is 0.783. The molecule has 0 bridgehead atoms. The van der Waals surface area contributed by atoms with E-state index in [4.69, 9.17) is 5.73 Å². The van der Waals surface area contributed by atoms with Crippen molar-refractivity contribution in [3.63, 3.8) is 0 Å². The van der Waals surface area contributed by atoms with Crippen LogP contribution in [-0.2, 0) is 19.1 Å². The summed E-state index contributed by atoms with van der Waals surface area (Å²) in [6.45, 7) is 1.91. The highest BCUT2D eigenvalue weighted by Gasteiger charge is 2.33. The zero-order valence-corrected chi connectivity index (χ0v) is 19.6. The van der Waals surface area contributed by atoms with E-state index in [0.717, 1.165) is 53.7 Å². The number of aryl methyl sites for hydroxylation is 2. The zero-order valence-electron chi connectivity index (χ0n) is 19.6. The Hall–Kier alpha value is -4.01. The summed E-state index contributed by atoms with van der Waals surface area (Å²) in [5.74, 6) is 0.192. The predicted molar refractivity (Wildman–Crippen MR) is 130 cm³/mol.